The molecule has 0 unspecified atom stereocenters. The van der Waals surface area contributed by atoms with Crippen molar-refractivity contribution in [2.24, 2.45) is 0 Å². The predicted octanol–water partition coefficient (Wildman–Crippen LogP) is 34.2. The summed E-state index contributed by atoms with van der Waals surface area (Å²) >= 11 is 1.86. The van der Waals surface area contributed by atoms with Gasteiger partial charge in [0.25, 0.3) is 0 Å². The van der Waals surface area contributed by atoms with Gasteiger partial charge in [-0.05, 0) is 138 Å². The summed E-state index contributed by atoms with van der Waals surface area (Å²) in [6.07, 6.45) is 0. The summed E-state index contributed by atoms with van der Waals surface area (Å²) in [5.74, 6) is 1.97. The van der Waals surface area contributed by atoms with Gasteiger partial charge in [0, 0.05) is 119 Å². The zero-order chi connectivity index (χ0) is 94.2. The Morgan fingerprint density at radius 2 is 0.531 bits per heavy atom. The van der Waals surface area contributed by atoms with Crippen LogP contribution in [0.15, 0.2) is 462 Å². The number of furan rings is 3. The van der Waals surface area contributed by atoms with E-state index in [1.807, 2.05) is 121 Å². The average Bonchev–Trinajstić information content (AvgIpc) is 1.54. The average molecular weight is 1850 g/mol. The Bertz CT molecular complexity index is 10500. The second kappa shape index (κ2) is 32.2. The molecule has 0 atom stereocenters. The monoisotopic (exact) mass is 1850 g/mol. The fraction of sp³-hybridized carbons (Fsp3) is 0.0233. The zero-order valence-corrected chi connectivity index (χ0v) is 78.1. The molecule has 19 aromatic carbocycles. The fourth-order valence-electron chi connectivity index (χ4n) is 22.7. The van der Waals surface area contributed by atoms with Crippen LogP contribution in [0.3, 0.4) is 0 Å². The van der Waals surface area contributed by atoms with Gasteiger partial charge in [-0.25, -0.2) is 29.9 Å². The highest BCUT2D eigenvalue weighted by Gasteiger charge is 2.40. The van der Waals surface area contributed by atoms with E-state index in [4.69, 9.17) is 43.2 Å². The standard InChI is InChI=1S/C46H28N4O.C43H29N3O.C40H23N3OS/c1-3-15-29(16-4-1)41-45-42(36-22-10-14-26-40(36)51-45)48-46(47-41)35-21-9-13-25-39(35)50-38-24-12-8-20-32(38)34-28-27-33-31-19-7-11-23-37(31)49(43(33)44(34)50)30-17-5-2-6-18-30;1-43(2)33-20-10-6-16-27(33)29-24-25-30-28-17-7-11-21-34(28)46(40(30)37(29)43)35-22-12-8-18-31(35)42-44-38(26-14-4-3-5-15-26)41-39(45-42)32-19-9-13-23-36(32)47-41;1-2-12-24(13-3-1)35-38-36(30-17-6-10-20-33(30)44-38)42-40(41-35)29-16-5-9-19-32(29)43-31-18-8-4-14-25(31)27-22-23-28-26-15-7-11-21-34(26)45-39(28)37(27)43/h1-28H;3-25H,1-2H3;1-23H. The molecule has 11 heterocycles. The van der Waals surface area contributed by atoms with Crippen LogP contribution in [-0.4, -0.2) is 48.2 Å². The van der Waals surface area contributed by atoms with Crippen molar-refractivity contribution >= 4 is 185 Å². The molecular weight excluding hydrogens is 1770 g/mol. The number of hydrogen-bond acceptors (Lipinski definition) is 10. The van der Waals surface area contributed by atoms with Crippen LogP contribution in [0.2, 0.25) is 0 Å². The minimum atomic E-state index is -0.182. The van der Waals surface area contributed by atoms with Crippen LogP contribution in [0.5, 0.6) is 0 Å². The van der Waals surface area contributed by atoms with Gasteiger partial charge in [0.05, 0.1) is 65.9 Å². The molecule has 0 N–H and O–H groups in total. The van der Waals surface area contributed by atoms with Crippen LogP contribution < -0.4 is 0 Å². The van der Waals surface area contributed by atoms with Crippen LogP contribution in [0.4, 0.5) is 0 Å². The van der Waals surface area contributed by atoms with Gasteiger partial charge < -0.3 is 31.5 Å². The molecule has 0 bridgehead atoms. The van der Waals surface area contributed by atoms with E-state index in [1.54, 1.807) is 0 Å². The molecule has 1 aliphatic rings. The van der Waals surface area contributed by atoms with Gasteiger partial charge in [0.1, 0.15) is 50.4 Å². The highest BCUT2D eigenvalue weighted by molar-refractivity contribution is 7.26. The second-order valence-corrected chi connectivity index (χ2v) is 38.3. The lowest BCUT2D eigenvalue weighted by Crippen LogP contribution is -2.16. The van der Waals surface area contributed by atoms with Gasteiger partial charge in [0.2, 0.25) is 0 Å². The molecule has 0 amide bonds. The molecule has 0 saturated carbocycles. The van der Waals surface area contributed by atoms with E-state index >= 15 is 0 Å². The third-order valence-electron chi connectivity index (χ3n) is 29.0. The zero-order valence-electron chi connectivity index (χ0n) is 77.3. The van der Waals surface area contributed by atoms with Crippen LogP contribution in [0, 0.1) is 0 Å². The lowest BCUT2D eigenvalue weighted by Gasteiger charge is -2.24. The summed E-state index contributed by atoms with van der Waals surface area (Å²) in [5.41, 5.74) is 33.8. The molecule has 0 radical (unpaired) electrons. The summed E-state index contributed by atoms with van der Waals surface area (Å²) in [7, 11) is 0. The summed E-state index contributed by atoms with van der Waals surface area (Å²) in [5, 5.41) is 15.2. The number of hydrogen-bond donors (Lipinski definition) is 0. The number of rotatable bonds is 10. The van der Waals surface area contributed by atoms with Gasteiger partial charge in [0.15, 0.2) is 34.2 Å². The highest BCUT2D eigenvalue weighted by atomic mass is 32.1. The van der Waals surface area contributed by atoms with Gasteiger partial charge in [-0.1, -0.05) is 347 Å². The van der Waals surface area contributed by atoms with Crippen LogP contribution in [0.1, 0.15) is 25.0 Å². The molecule has 143 heavy (non-hydrogen) atoms. The number of thiophene rings is 1. The topological polar surface area (TPSA) is 136 Å². The first-order chi connectivity index (χ1) is 70.8. The molecule has 31 rings (SSSR count). The normalized spacial score (nSPS) is 12.5. The Hall–Kier alpha value is -18.8. The molecule has 11 aromatic heterocycles. The third kappa shape index (κ3) is 12.5. The van der Waals surface area contributed by atoms with Gasteiger partial charge in [-0.3, -0.25) is 0 Å². The van der Waals surface area contributed by atoms with Gasteiger partial charge in [-0.2, -0.15) is 0 Å². The number of para-hydroxylation sites is 11. The van der Waals surface area contributed by atoms with Crippen molar-refractivity contribution < 1.29 is 13.3 Å². The number of nitrogens with zero attached hydrogens (tertiary/aromatic N) is 10. The smallest absolute Gasteiger partial charge is 0.180 e. The van der Waals surface area contributed by atoms with Crippen LogP contribution >= 0.6 is 11.3 Å². The molecule has 14 heteroatoms. The van der Waals surface area contributed by atoms with Crippen molar-refractivity contribution in [2.45, 2.75) is 19.3 Å². The fourth-order valence-corrected chi connectivity index (χ4v) is 24.0. The number of aromatic nitrogens is 10. The Morgan fingerprint density at radius 1 is 0.224 bits per heavy atom. The van der Waals surface area contributed by atoms with E-state index in [0.29, 0.717) is 34.2 Å². The van der Waals surface area contributed by atoms with Gasteiger partial charge in [-0.15, -0.1) is 11.3 Å². The molecule has 0 aliphatic heterocycles. The van der Waals surface area contributed by atoms with Crippen molar-refractivity contribution in [3.8, 4) is 102 Å². The molecule has 13 nitrogen and oxygen atoms in total. The molecule has 30 aromatic rings. The Balaban J connectivity index is 0.000000102. The number of fused-ring (bicyclic) bond motifs is 30. The Labute approximate surface area is 821 Å². The van der Waals surface area contributed by atoms with E-state index in [2.05, 4.69) is 372 Å². The summed E-state index contributed by atoms with van der Waals surface area (Å²) < 4.78 is 31.5. The molecule has 1 aliphatic carbocycles. The highest BCUT2D eigenvalue weighted by Crippen LogP contribution is 2.55. The molecule has 0 saturated heterocycles. The minimum Gasteiger partial charge on any atom is -0.452 e. The first kappa shape index (κ1) is 81.4. The molecule has 0 spiro atoms. The van der Waals surface area contributed by atoms with Crippen molar-refractivity contribution in [1.29, 1.82) is 0 Å². The van der Waals surface area contributed by atoms with Gasteiger partial charge >= 0.3 is 0 Å². The van der Waals surface area contributed by atoms with E-state index in [0.717, 1.165) is 150 Å². The van der Waals surface area contributed by atoms with Crippen LogP contribution in [0.25, 0.3) is 275 Å². The van der Waals surface area contributed by atoms with Crippen molar-refractivity contribution in [2.75, 3.05) is 0 Å². The SMILES string of the molecule is CC1(C)c2ccccc2-c2ccc3c4ccccc4n(-c4ccccc4-c4nc(-c5ccccc5)c5oc6ccccc6c5n4)c3c21.c1ccc(-c2nc(-c3ccccc3-n3c4ccccc4c4ccc5c6ccccc6n(-c6ccccc6)c5c43)nc3c2oc2ccccc23)cc1.c1ccc(-c2nc(-c3ccccc3-n3c4ccccc4c4ccc5c6ccccc6sc5c43)nc3c2oc2ccccc23)cc1. The van der Waals surface area contributed by atoms with E-state index in [9.17, 15) is 0 Å². The Kier molecular flexibility index (Phi) is 18.3. The minimum absolute atomic E-state index is 0.182. The van der Waals surface area contributed by atoms with E-state index in [1.165, 1.54) is 102 Å². The van der Waals surface area contributed by atoms with E-state index < -0.39 is 0 Å². The lowest BCUT2D eigenvalue weighted by atomic mass is 9.81. The number of benzene rings is 19. The summed E-state index contributed by atoms with van der Waals surface area (Å²) in [6, 6.07) is 157. The largest absolute Gasteiger partial charge is 0.452 e. The summed E-state index contributed by atoms with van der Waals surface area (Å²) in [6.45, 7) is 4.72. The first-order valence-corrected chi connectivity index (χ1v) is 49.1. The van der Waals surface area contributed by atoms with Crippen molar-refractivity contribution in [1.82, 2.24) is 48.2 Å². The maximum Gasteiger partial charge on any atom is 0.180 e. The maximum atomic E-state index is 6.45. The predicted molar refractivity (Wildman–Crippen MR) is 588 cm³/mol. The molecule has 0 fully saturated rings. The van der Waals surface area contributed by atoms with Crippen molar-refractivity contribution in [3.63, 3.8) is 0 Å². The Morgan fingerprint density at radius 3 is 0.972 bits per heavy atom. The second-order valence-electron chi connectivity index (χ2n) is 37.3. The molecule has 670 valence electrons. The maximum absolute atomic E-state index is 6.45. The third-order valence-corrected chi connectivity index (χ3v) is 30.2. The van der Waals surface area contributed by atoms with E-state index in [-0.39, 0.29) is 5.41 Å². The lowest BCUT2D eigenvalue weighted by molar-refractivity contribution is 0.664. The quantitative estimate of drug-likeness (QED) is 0.131. The first-order valence-electron chi connectivity index (χ1n) is 48.3. The summed E-state index contributed by atoms with van der Waals surface area (Å²) in [4.78, 5) is 31.6. The van der Waals surface area contributed by atoms with Crippen molar-refractivity contribution in [3.05, 3.63) is 460 Å². The van der Waals surface area contributed by atoms with Crippen LogP contribution in [-0.2, 0) is 5.41 Å². The molecular formula is C129H80N10O3S.